The number of hydrogen-bond acceptors (Lipinski definition) is 7. The quantitative estimate of drug-likeness (QED) is 0.568. The molecule has 1 aliphatic heterocycles. The molecule has 1 aromatic heterocycles. The minimum atomic E-state index is -3.39. The molecular formula is C22H21N3O6S. The fraction of sp³-hybridized carbons (Fsp3) is 0.227. The highest BCUT2D eigenvalue weighted by Gasteiger charge is 2.30. The molecule has 1 atom stereocenters. The van der Waals surface area contributed by atoms with Gasteiger partial charge in [0.05, 0.1) is 17.0 Å². The number of rotatable bonds is 6. The van der Waals surface area contributed by atoms with Crippen LogP contribution >= 0.6 is 0 Å². The number of esters is 1. The van der Waals surface area contributed by atoms with E-state index in [1.165, 1.54) is 16.4 Å². The molecule has 0 bridgehead atoms. The molecule has 0 spiro atoms. The smallest absolute Gasteiger partial charge is 0.339 e. The van der Waals surface area contributed by atoms with E-state index in [0.717, 1.165) is 0 Å². The SMILES string of the molecule is Cc1cc(NC(=O)[C@H](OC(=O)c2cccc(N3CCCS3(=O)=O)c2)c2ccccc2)no1. The van der Waals surface area contributed by atoms with Crippen LogP contribution in [-0.2, 0) is 19.6 Å². The Morgan fingerprint density at radius 3 is 2.56 bits per heavy atom. The number of carbonyl (C=O) groups is 2. The van der Waals surface area contributed by atoms with Gasteiger partial charge < -0.3 is 14.6 Å². The van der Waals surface area contributed by atoms with Gasteiger partial charge in [0.1, 0.15) is 5.76 Å². The molecule has 3 aromatic rings. The van der Waals surface area contributed by atoms with Crippen molar-refractivity contribution in [2.75, 3.05) is 21.9 Å². The normalized spacial score (nSPS) is 15.8. The third-order valence-electron chi connectivity index (χ3n) is 4.91. The van der Waals surface area contributed by atoms with Crippen molar-refractivity contribution < 1.29 is 27.3 Å². The maximum Gasteiger partial charge on any atom is 0.339 e. The zero-order valence-electron chi connectivity index (χ0n) is 17.2. The molecule has 32 heavy (non-hydrogen) atoms. The average molecular weight is 455 g/mol. The number of benzene rings is 2. The number of anilines is 2. The van der Waals surface area contributed by atoms with E-state index in [1.54, 1.807) is 55.5 Å². The van der Waals surface area contributed by atoms with E-state index in [-0.39, 0.29) is 17.1 Å². The van der Waals surface area contributed by atoms with Crippen LogP contribution in [0.5, 0.6) is 0 Å². The summed E-state index contributed by atoms with van der Waals surface area (Å²) in [6, 6.07) is 16.3. The lowest BCUT2D eigenvalue weighted by atomic mass is 10.1. The lowest BCUT2D eigenvalue weighted by molar-refractivity contribution is -0.125. The molecule has 1 amide bonds. The second-order valence-electron chi connectivity index (χ2n) is 7.30. The maximum absolute atomic E-state index is 12.9. The third-order valence-corrected chi connectivity index (χ3v) is 6.78. The Morgan fingerprint density at radius 2 is 1.91 bits per heavy atom. The zero-order valence-corrected chi connectivity index (χ0v) is 18.0. The minimum absolute atomic E-state index is 0.0689. The van der Waals surface area contributed by atoms with Gasteiger partial charge in [-0.15, -0.1) is 0 Å². The van der Waals surface area contributed by atoms with E-state index in [0.29, 0.717) is 30.0 Å². The number of nitrogens with one attached hydrogen (secondary N) is 1. The second kappa shape index (κ2) is 8.83. The molecule has 10 heteroatoms. The van der Waals surface area contributed by atoms with Crippen LogP contribution in [-0.4, -0.2) is 37.7 Å². The van der Waals surface area contributed by atoms with Gasteiger partial charge in [-0.05, 0) is 31.5 Å². The van der Waals surface area contributed by atoms with Gasteiger partial charge in [0.15, 0.2) is 5.82 Å². The van der Waals surface area contributed by atoms with Crippen molar-refractivity contribution in [2.45, 2.75) is 19.4 Å². The molecule has 2 heterocycles. The molecule has 0 saturated carbocycles. The first-order valence-electron chi connectivity index (χ1n) is 9.94. The number of amides is 1. The first-order valence-corrected chi connectivity index (χ1v) is 11.5. The topological polar surface area (TPSA) is 119 Å². The average Bonchev–Trinajstić information content (AvgIpc) is 3.36. The van der Waals surface area contributed by atoms with Crippen molar-refractivity contribution in [1.29, 1.82) is 0 Å². The highest BCUT2D eigenvalue weighted by Crippen LogP contribution is 2.27. The summed E-state index contributed by atoms with van der Waals surface area (Å²) in [6.07, 6.45) is -0.728. The molecule has 0 radical (unpaired) electrons. The summed E-state index contributed by atoms with van der Waals surface area (Å²) >= 11 is 0. The number of nitrogens with zero attached hydrogens (tertiary/aromatic N) is 2. The monoisotopic (exact) mass is 455 g/mol. The van der Waals surface area contributed by atoms with Crippen LogP contribution in [0, 0.1) is 6.92 Å². The van der Waals surface area contributed by atoms with Gasteiger partial charge in [-0.25, -0.2) is 13.2 Å². The van der Waals surface area contributed by atoms with Crippen LogP contribution in [0.15, 0.2) is 65.2 Å². The number of hydrogen-bond donors (Lipinski definition) is 1. The van der Waals surface area contributed by atoms with Crippen molar-refractivity contribution in [2.24, 2.45) is 0 Å². The first-order chi connectivity index (χ1) is 15.3. The number of carbonyl (C=O) groups excluding carboxylic acids is 2. The standard InChI is InChI=1S/C22H21N3O6S/c1-15-13-19(24-31-15)23-21(26)20(16-7-3-2-4-8-16)30-22(27)17-9-5-10-18(14-17)25-11-6-12-32(25,28)29/h2-5,7-10,13-14,20H,6,11-12H2,1H3,(H,23,24,26)/t20-/m1/s1. The summed E-state index contributed by atoms with van der Waals surface area (Å²) in [4.78, 5) is 25.8. The van der Waals surface area contributed by atoms with Gasteiger partial charge in [0.25, 0.3) is 5.91 Å². The van der Waals surface area contributed by atoms with E-state index in [4.69, 9.17) is 9.26 Å². The molecule has 1 aliphatic rings. The third kappa shape index (κ3) is 4.65. The van der Waals surface area contributed by atoms with Crippen molar-refractivity contribution in [3.05, 3.63) is 77.6 Å². The molecule has 0 aliphatic carbocycles. The first kappa shape index (κ1) is 21.6. The van der Waals surface area contributed by atoms with E-state index in [2.05, 4.69) is 10.5 Å². The zero-order chi connectivity index (χ0) is 22.7. The van der Waals surface area contributed by atoms with Crippen LogP contribution in [0.25, 0.3) is 0 Å². The van der Waals surface area contributed by atoms with Crippen molar-refractivity contribution in [1.82, 2.24) is 5.16 Å². The number of ether oxygens (including phenoxy) is 1. The molecule has 0 unspecified atom stereocenters. The van der Waals surface area contributed by atoms with Crippen molar-refractivity contribution >= 4 is 33.4 Å². The largest absolute Gasteiger partial charge is 0.444 e. The van der Waals surface area contributed by atoms with Crippen LogP contribution in [0.4, 0.5) is 11.5 Å². The van der Waals surface area contributed by atoms with Crippen molar-refractivity contribution in [3.63, 3.8) is 0 Å². The molecule has 1 saturated heterocycles. The maximum atomic E-state index is 12.9. The molecule has 9 nitrogen and oxygen atoms in total. The summed E-state index contributed by atoms with van der Waals surface area (Å²) < 4.78 is 36.2. The van der Waals surface area contributed by atoms with E-state index in [9.17, 15) is 18.0 Å². The minimum Gasteiger partial charge on any atom is -0.444 e. The Bertz CT molecular complexity index is 1240. The van der Waals surface area contributed by atoms with Gasteiger partial charge in [0.2, 0.25) is 16.1 Å². The Labute approximate surface area is 185 Å². The molecule has 166 valence electrons. The molecular weight excluding hydrogens is 434 g/mol. The van der Waals surface area contributed by atoms with Crippen LogP contribution in [0.1, 0.15) is 34.2 Å². The number of aromatic nitrogens is 1. The highest BCUT2D eigenvalue weighted by molar-refractivity contribution is 7.93. The van der Waals surface area contributed by atoms with Crippen molar-refractivity contribution in [3.8, 4) is 0 Å². The number of aryl methyl sites for hydroxylation is 1. The summed E-state index contributed by atoms with van der Waals surface area (Å²) in [5.41, 5.74) is 0.989. The van der Waals surface area contributed by atoms with Crippen LogP contribution < -0.4 is 9.62 Å². The predicted molar refractivity (Wildman–Crippen MR) is 117 cm³/mol. The number of sulfonamides is 1. The molecule has 2 aromatic carbocycles. The van der Waals surface area contributed by atoms with E-state index < -0.39 is 28.0 Å². The summed E-state index contributed by atoms with van der Waals surface area (Å²) in [5, 5.41) is 6.31. The van der Waals surface area contributed by atoms with E-state index in [1.807, 2.05) is 0 Å². The Hall–Kier alpha value is -3.66. The van der Waals surface area contributed by atoms with Gasteiger partial charge in [0, 0.05) is 18.2 Å². The fourth-order valence-corrected chi connectivity index (χ4v) is 4.97. The Morgan fingerprint density at radius 1 is 1.12 bits per heavy atom. The van der Waals surface area contributed by atoms with Gasteiger partial charge in [-0.2, -0.15) is 0 Å². The van der Waals surface area contributed by atoms with E-state index >= 15 is 0 Å². The van der Waals surface area contributed by atoms with Gasteiger partial charge >= 0.3 is 5.97 Å². The summed E-state index contributed by atoms with van der Waals surface area (Å²) in [5.74, 6) is -0.577. The lowest BCUT2D eigenvalue weighted by Gasteiger charge is -2.19. The molecule has 1 N–H and O–H groups in total. The summed E-state index contributed by atoms with van der Waals surface area (Å²) in [6.45, 7) is 2.04. The Balaban J connectivity index is 1.58. The van der Waals surface area contributed by atoms with Gasteiger partial charge in [-0.3, -0.25) is 9.10 Å². The summed E-state index contributed by atoms with van der Waals surface area (Å²) in [7, 11) is -3.39. The second-order valence-corrected chi connectivity index (χ2v) is 9.31. The molecule has 4 rings (SSSR count). The van der Waals surface area contributed by atoms with Crippen LogP contribution in [0.2, 0.25) is 0 Å². The van der Waals surface area contributed by atoms with Crippen LogP contribution in [0.3, 0.4) is 0 Å². The lowest BCUT2D eigenvalue weighted by Crippen LogP contribution is -2.27. The Kier molecular flexibility index (Phi) is 5.95. The predicted octanol–water partition coefficient (Wildman–Crippen LogP) is 3.06. The molecule has 1 fully saturated rings. The highest BCUT2D eigenvalue weighted by atomic mass is 32.2. The van der Waals surface area contributed by atoms with Gasteiger partial charge in [-0.1, -0.05) is 41.6 Å². The fourth-order valence-electron chi connectivity index (χ4n) is 3.41.